The first kappa shape index (κ1) is 24.7. The summed E-state index contributed by atoms with van der Waals surface area (Å²) in [6.07, 6.45) is 1.77. The van der Waals surface area contributed by atoms with Gasteiger partial charge in [0.15, 0.2) is 4.80 Å². The fourth-order valence-corrected chi connectivity index (χ4v) is 5.39. The molecule has 1 aliphatic rings. The highest BCUT2D eigenvalue weighted by Crippen LogP contribution is 2.33. The van der Waals surface area contributed by atoms with Gasteiger partial charge in [0, 0.05) is 16.1 Å². The predicted octanol–water partition coefficient (Wildman–Crippen LogP) is 4.09. The Morgan fingerprint density at radius 3 is 2.60 bits per heavy atom. The molecule has 0 fully saturated rings. The van der Waals surface area contributed by atoms with E-state index in [1.807, 2.05) is 25.1 Å². The van der Waals surface area contributed by atoms with Crippen molar-refractivity contribution in [3.8, 4) is 0 Å². The number of nitrogens with zero attached hydrogens (tertiary/aromatic N) is 3. The summed E-state index contributed by atoms with van der Waals surface area (Å²) in [5.74, 6) is -0.612. The van der Waals surface area contributed by atoms with Crippen molar-refractivity contribution in [1.29, 1.82) is 0 Å². The minimum absolute atomic E-state index is 0.0907. The molecule has 0 radical (unpaired) electrons. The Bertz CT molecular complexity index is 1590. The Balaban J connectivity index is 1.99. The number of nitro benzene ring substituents is 1. The zero-order valence-corrected chi connectivity index (χ0v) is 21.9. The normalized spacial score (nSPS) is 15.6. The van der Waals surface area contributed by atoms with Crippen molar-refractivity contribution in [3.05, 3.63) is 104 Å². The molecule has 0 saturated carbocycles. The van der Waals surface area contributed by atoms with Crippen LogP contribution in [0, 0.1) is 24.0 Å². The van der Waals surface area contributed by atoms with E-state index in [1.165, 1.54) is 22.0 Å². The summed E-state index contributed by atoms with van der Waals surface area (Å²) in [6.45, 7) is 7.12. The van der Waals surface area contributed by atoms with Crippen molar-refractivity contribution in [3.63, 3.8) is 0 Å². The molecule has 0 amide bonds. The molecule has 0 bridgehead atoms. The number of nitro groups is 1. The van der Waals surface area contributed by atoms with Crippen LogP contribution in [0.4, 0.5) is 5.69 Å². The number of fused-ring (bicyclic) bond motifs is 1. The van der Waals surface area contributed by atoms with Crippen LogP contribution in [-0.4, -0.2) is 22.1 Å². The topological polar surface area (TPSA) is 104 Å². The van der Waals surface area contributed by atoms with Gasteiger partial charge >= 0.3 is 5.97 Å². The Labute approximate surface area is 213 Å². The summed E-state index contributed by atoms with van der Waals surface area (Å²) in [5.41, 5.74) is 2.97. The van der Waals surface area contributed by atoms with Crippen LogP contribution in [0.25, 0.3) is 6.08 Å². The van der Waals surface area contributed by atoms with Crippen LogP contribution in [0.1, 0.15) is 42.1 Å². The van der Waals surface area contributed by atoms with Crippen molar-refractivity contribution in [2.24, 2.45) is 4.99 Å². The molecule has 1 aliphatic heterocycles. The molecule has 0 spiro atoms. The average Bonchev–Trinajstić information content (AvgIpc) is 3.10. The van der Waals surface area contributed by atoms with E-state index < -0.39 is 16.9 Å². The summed E-state index contributed by atoms with van der Waals surface area (Å²) < 4.78 is 8.05. The summed E-state index contributed by atoms with van der Waals surface area (Å²) in [6, 6.07) is 9.59. The van der Waals surface area contributed by atoms with Crippen LogP contribution in [0.2, 0.25) is 0 Å². The van der Waals surface area contributed by atoms with Crippen LogP contribution >= 0.6 is 27.3 Å². The highest BCUT2D eigenvalue weighted by Gasteiger charge is 2.34. The van der Waals surface area contributed by atoms with E-state index in [2.05, 4.69) is 20.9 Å². The van der Waals surface area contributed by atoms with E-state index in [0.717, 1.165) is 15.6 Å². The highest BCUT2D eigenvalue weighted by atomic mass is 79.9. The number of halogens is 1. The molecule has 8 nitrogen and oxygen atoms in total. The average molecular weight is 556 g/mol. The number of hydrogen-bond donors (Lipinski definition) is 0. The third kappa shape index (κ3) is 4.63. The van der Waals surface area contributed by atoms with E-state index in [1.54, 1.807) is 39.0 Å². The Hall–Kier alpha value is -3.37. The van der Waals surface area contributed by atoms with Gasteiger partial charge in [-0.3, -0.25) is 19.5 Å². The van der Waals surface area contributed by atoms with Crippen molar-refractivity contribution < 1.29 is 14.5 Å². The van der Waals surface area contributed by atoms with E-state index in [9.17, 15) is 19.7 Å². The van der Waals surface area contributed by atoms with Gasteiger partial charge in [-0.15, -0.1) is 0 Å². The molecule has 3 aromatic rings. The first-order valence-corrected chi connectivity index (χ1v) is 12.4. The second-order valence-electron chi connectivity index (χ2n) is 8.11. The number of benzene rings is 2. The molecule has 0 saturated heterocycles. The number of thiazole rings is 1. The van der Waals surface area contributed by atoms with E-state index in [-0.39, 0.29) is 23.4 Å². The van der Waals surface area contributed by atoms with Crippen molar-refractivity contribution in [1.82, 2.24) is 4.57 Å². The number of aryl methyl sites for hydroxylation is 2. The number of rotatable bonds is 5. The SMILES string of the molecule is CCOC(=O)C1=C(C)N=c2s/c(=C/c3ccc(C)c(Br)c3)c(=O)n2[C@@H]1c1ccc(C)c([N+](=O)[O-])c1. The molecule has 0 N–H and O–H groups in total. The second kappa shape index (κ2) is 9.71. The van der Waals surface area contributed by atoms with Gasteiger partial charge in [0.25, 0.3) is 11.2 Å². The van der Waals surface area contributed by atoms with Crippen molar-refractivity contribution in [2.75, 3.05) is 6.61 Å². The van der Waals surface area contributed by atoms with Crippen LogP contribution in [0.15, 0.2) is 61.9 Å². The van der Waals surface area contributed by atoms with Gasteiger partial charge < -0.3 is 4.74 Å². The fourth-order valence-electron chi connectivity index (χ4n) is 3.95. The number of ether oxygens (including phenoxy) is 1. The number of esters is 1. The van der Waals surface area contributed by atoms with Crippen molar-refractivity contribution in [2.45, 2.75) is 33.7 Å². The van der Waals surface area contributed by atoms with Gasteiger partial charge in [-0.2, -0.15) is 0 Å². The molecule has 0 unspecified atom stereocenters. The molecule has 2 heterocycles. The quantitative estimate of drug-likeness (QED) is 0.268. The minimum atomic E-state index is -0.906. The molecule has 180 valence electrons. The number of hydrogen-bond acceptors (Lipinski definition) is 7. The summed E-state index contributed by atoms with van der Waals surface area (Å²) in [4.78, 5) is 42.7. The molecule has 0 aliphatic carbocycles. The van der Waals surface area contributed by atoms with Gasteiger partial charge in [0.2, 0.25) is 0 Å². The largest absolute Gasteiger partial charge is 0.463 e. The Morgan fingerprint density at radius 2 is 1.94 bits per heavy atom. The van der Waals surface area contributed by atoms with Crippen LogP contribution in [-0.2, 0) is 9.53 Å². The molecule has 2 aromatic carbocycles. The zero-order valence-electron chi connectivity index (χ0n) is 19.5. The molecule has 4 rings (SSSR count). The van der Waals surface area contributed by atoms with Gasteiger partial charge in [-0.05, 0) is 56.5 Å². The molecule has 1 aromatic heterocycles. The number of allylic oxidation sites excluding steroid dienone is 1. The molecule has 10 heteroatoms. The summed E-state index contributed by atoms with van der Waals surface area (Å²) in [7, 11) is 0. The molecular formula is C25H22BrN3O5S. The van der Waals surface area contributed by atoms with Crippen LogP contribution in [0.3, 0.4) is 0 Å². The standard InChI is InChI=1S/C25H22BrN3O5S/c1-5-34-24(31)21-15(4)27-25-28(22(21)17-9-7-14(3)19(12-17)29(32)33)23(30)20(35-25)11-16-8-6-13(2)18(26)10-16/h6-12,22H,5H2,1-4H3/b20-11+/t22-/m1/s1. The Morgan fingerprint density at radius 1 is 1.23 bits per heavy atom. The maximum atomic E-state index is 13.6. The summed E-state index contributed by atoms with van der Waals surface area (Å²) >= 11 is 4.72. The number of aromatic nitrogens is 1. The predicted molar refractivity (Wildman–Crippen MR) is 137 cm³/mol. The molecule has 35 heavy (non-hydrogen) atoms. The lowest BCUT2D eigenvalue weighted by atomic mass is 9.94. The second-order valence-corrected chi connectivity index (χ2v) is 9.98. The highest BCUT2D eigenvalue weighted by molar-refractivity contribution is 9.10. The lowest BCUT2D eigenvalue weighted by Gasteiger charge is -2.24. The maximum Gasteiger partial charge on any atom is 0.338 e. The number of carbonyl (C=O) groups excluding carboxylic acids is 1. The number of carbonyl (C=O) groups is 1. The maximum absolute atomic E-state index is 13.6. The first-order chi connectivity index (χ1) is 16.6. The monoisotopic (exact) mass is 555 g/mol. The summed E-state index contributed by atoms with van der Waals surface area (Å²) in [5, 5.41) is 11.6. The first-order valence-electron chi connectivity index (χ1n) is 10.8. The molecular weight excluding hydrogens is 534 g/mol. The minimum Gasteiger partial charge on any atom is -0.463 e. The van der Waals surface area contributed by atoms with Gasteiger partial charge in [0.05, 0.1) is 33.4 Å². The lowest BCUT2D eigenvalue weighted by Crippen LogP contribution is -2.40. The van der Waals surface area contributed by atoms with E-state index in [0.29, 0.717) is 26.2 Å². The van der Waals surface area contributed by atoms with Crippen molar-refractivity contribution >= 4 is 45.0 Å². The third-order valence-corrected chi connectivity index (χ3v) is 7.59. The van der Waals surface area contributed by atoms with E-state index in [4.69, 9.17) is 4.74 Å². The van der Waals surface area contributed by atoms with Gasteiger partial charge in [0.1, 0.15) is 0 Å². The third-order valence-electron chi connectivity index (χ3n) is 5.76. The van der Waals surface area contributed by atoms with Crippen LogP contribution < -0.4 is 14.9 Å². The van der Waals surface area contributed by atoms with Gasteiger partial charge in [-0.1, -0.05) is 51.5 Å². The Kier molecular flexibility index (Phi) is 6.86. The fraction of sp³-hybridized carbons (Fsp3) is 0.240. The lowest BCUT2D eigenvalue weighted by molar-refractivity contribution is -0.385. The van der Waals surface area contributed by atoms with Crippen LogP contribution in [0.5, 0.6) is 0 Å². The zero-order chi connectivity index (χ0) is 25.4. The van der Waals surface area contributed by atoms with Gasteiger partial charge in [-0.25, -0.2) is 9.79 Å². The molecule has 1 atom stereocenters. The smallest absolute Gasteiger partial charge is 0.338 e. The van der Waals surface area contributed by atoms with E-state index >= 15 is 0 Å².